The topological polar surface area (TPSA) is 94.4 Å². The first-order chi connectivity index (χ1) is 17.5. The second-order valence-electron chi connectivity index (χ2n) is 8.98. The molecule has 9 heteroatoms. The molecular weight excluding hydrogens is 456 g/mol. The minimum Gasteiger partial charge on any atom is -0.489 e. The van der Waals surface area contributed by atoms with E-state index in [2.05, 4.69) is 33.6 Å². The average Bonchev–Trinajstić information content (AvgIpc) is 3.36. The Bertz CT molecular complexity index is 1360. The van der Waals surface area contributed by atoms with Crippen LogP contribution in [0.2, 0.25) is 0 Å². The molecule has 186 valence electrons. The number of hydrogen-bond donors (Lipinski definition) is 1. The van der Waals surface area contributed by atoms with Crippen molar-refractivity contribution in [2.24, 2.45) is 0 Å². The SMILES string of the molecule is CNC(=O)c1ccc(COc2cccc(-c3nc(N4CCOCC4)nc4c3ncn4C(C)C)c2)cc1. The number of anilines is 1. The fourth-order valence-electron chi connectivity index (χ4n) is 4.19. The van der Waals surface area contributed by atoms with Crippen molar-refractivity contribution in [1.29, 1.82) is 0 Å². The Morgan fingerprint density at radius 3 is 2.61 bits per heavy atom. The number of imidazole rings is 1. The highest BCUT2D eigenvalue weighted by Crippen LogP contribution is 2.31. The summed E-state index contributed by atoms with van der Waals surface area (Å²) in [6.45, 7) is 7.45. The molecule has 1 aliphatic rings. The van der Waals surface area contributed by atoms with E-state index in [4.69, 9.17) is 19.4 Å². The first-order valence-electron chi connectivity index (χ1n) is 12.1. The molecule has 1 saturated heterocycles. The van der Waals surface area contributed by atoms with Gasteiger partial charge >= 0.3 is 0 Å². The van der Waals surface area contributed by atoms with Gasteiger partial charge in [0, 0.05) is 37.3 Å². The van der Waals surface area contributed by atoms with Crippen LogP contribution in [0.4, 0.5) is 5.95 Å². The highest BCUT2D eigenvalue weighted by Gasteiger charge is 2.21. The van der Waals surface area contributed by atoms with Gasteiger partial charge in [-0.15, -0.1) is 0 Å². The van der Waals surface area contributed by atoms with Gasteiger partial charge in [-0.1, -0.05) is 24.3 Å². The van der Waals surface area contributed by atoms with Gasteiger partial charge in [-0.2, -0.15) is 4.98 Å². The van der Waals surface area contributed by atoms with Gasteiger partial charge in [0.1, 0.15) is 23.6 Å². The average molecular weight is 487 g/mol. The molecule has 1 N–H and O–H groups in total. The molecule has 1 amide bonds. The standard InChI is InChI=1S/C27H30N6O3/c1-18(2)33-17-29-24-23(30-27(31-25(24)33)32-11-13-35-14-12-32)21-5-4-6-22(15-21)36-16-19-7-9-20(10-8-19)26(34)28-3/h4-10,15,17-18H,11-14,16H2,1-3H3,(H,28,34). The lowest BCUT2D eigenvalue weighted by atomic mass is 10.1. The van der Waals surface area contributed by atoms with Gasteiger partial charge in [0.25, 0.3) is 5.91 Å². The molecule has 1 aliphatic heterocycles. The van der Waals surface area contributed by atoms with Gasteiger partial charge in [0.05, 0.1) is 19.5 Å². The lowest BCUT2D eigenvalue weighted by Crippen LogP contribution is -2.37. The summed E-state index contributed by atoms with van der Waals surface area (Å²) < 4.78 is 13.7. The Morgan fingerprint density at radius 2 is 1.89 bits per heavy atom. The van der Waals surface area contributed by atoms with Crippen LogP contribution in [0.1, 0.15) is 35.8 Å². The van der Waals surface area contributed by atoms with Crippen LogP contribution in [-0.4, -0.2) is 58.8 Å². The second kappa shape index (κ2) is 10.3. The van der Waals surface area contributed by atoms with Crippen LogP contribution in [-0.2, 0) is 11.3 Å². The van der Waals surface area contributed by atoms with Crippen LogP contribution in [0.3, 0.4) is 0 Å². The molecule has 0 radical (unpaired) electrons. The molecule has 0 aliphatic carbocycles. The van der Waals surface area contributed by atoms with Gasteiger partial charge < -0.3 is 24.3 Å². The summed E-state index contributed by atoms with van der Waals surface area (Å²) in [7, 11) is 1.62. The molecule has 3 heterocycles. The third-order valence-corrected chi connectivity index (χ3v) is 6.22. The minimum absolute atomic E-state index is 0.109. The Balaban J connectivity index is 1.45. The molecular formula is C27H30N6O3. The van der Waals surface area contributed by atoms with Crippen molar-refractivity contribution in [3.8, 4) is 17.0 Å². The number of rotatable bonds is 7. The number of ether oxygens (including phenoxy) is 2. The molecule has 0 bridgehead atoms. The molecule has 5 rings (SSSR count). The second-order valence-corrected chi connectivity index (χ2v) is 8.98. The predicted octanol–water partition coefficient (Wildman–Crippen LogP) is 3.85. The van der Waals surface area contributed by atoms with E-state index in [1.54, 1.807) is 19.2 Å². The number of carbonyl (C=O) groups is 1. The number of amides is 1. The first kappa shape index (κ1) is 23.7. The van der Waals surface area contributed by atoms with E-state index in [-0.39, 0.29) is 11.9 Å². The third-order valence-electron chi connectivity index (χ3n) is 6.22. The number of aromatic nitrogens is 4. The lowest BCUT2D eigenvalue weighted by Gasteiger charge is -2.27. The van der Waals surface area contributed by atoms with E-state index in [0.29, 0.717) is 31.3 Å². The summed E-state index contributed by atoms with van der Waals surface area (Å²) >= 11 is 0. The Kier molecular flexibility index (Phi) is 6.81. The number of benzene rings is 2. The summed E-state index contributed by atoms with van der Waals surface area (Å²) in [5.41, 5.74) is 4.87. The minimum atomic E-state index is -0.109. The maximum Gasteiger partial charge on any atom is 0.251 e. The quantitative estimate of drug-likeness (QED) is 0.424. The van der Waals surface area contributed by atoms with Crippen molar-refractivity contribution >= 4 is 23.0 Å². The fraction of sp³-hybridized carbons (Fsp3) is 0.333. The van der Waals surface area contributed by atoms with Crippen LogP contribution in [0.5, 0.6) is 5.75 Å². The highest BCUT2D eigenvalue weighted by atomic mass is 16.5. The maximum absolute atomic E-state index is 11.8. The largest absolute Gasteiger partial charge is 0.489 e. The normalized spacial score (nSPS) is 13.8. The van der Waals surface area contributed by atoms with Crippen LogP contribution in [0.25, 0.3) is 22.4 Å². The molecule has 0 saturated carbocycles. The molecule has 36 heavy (non-hydrogen) atoms. The number of carbonyl (C=O) groups excluding carboxylic acids is 1. The molecule has 4 aromatic rings. The van der Waals surface area contributed by atoms with Crippen molar-refractivity contribution in [2.45, 2.75) is 26.5 Å². The first-order valence-corrected chi connectivity index (χ1v) is 12.1. The van der Waals surface area contributed by atoms with Gasteiger partial charge in [-0.25, -0.2) is 9.97 Å². The summed E-state index contributed by atoms with van der Waals surface area (Å²) in [5.74, 6) is 1.30. The van der Waals surface area contributed by atoms with Crippen LogP contribution < -0.4 is 15.0 Å². The van der Waals surface area contributed by atoms with E-state index in [9.17, 15) is 4.79 Å². The van der Waals surface area contributed by atoms with Gasteiger partial charge in [-0.3, -0.25) is 4.79 Å². The molecule has 0 atom stereocenters. The summed E-state index contributed by atoms with van der Waals surface area (Å²) in [6, 6.07) is 15.5. The fourth-order valence-corrected chi connectivity index (χ4v) is 4.19. The lowest BCUT2D eigenvalue weighted by molar-refractivity contribution is 0.0963. The van der Waals surface area contributed by atoms with E-state index in [1.807, 2.05) is 42.7 Å². The highest BCUT2D eigenvalue weighted by molar-refractivity contribution is 5.94. The van der Waals surface area contributed by atoms with Crippen molar-refractivity contribution in [1.82, 2.24) is 24.8 Å². The monoisotopic (exact) mass is 486 g/mol. The summed E-state index contributed by atoms with van der Waals surface area (Å²) in [6.07, 6.45) is 1.83. The number of hydrogen-bond acceptors (Lipinski definition) is 7. The number of morpholine rings is 1. The van der Waals surface area contributed by atoms with Crippen LogP contribution in [0, 0.1) is 0 Å². The predicted molar refractivity (Wildman–Crippen MR) is 138 cm³/mol. The van der Waals surface area contributed by atoms with Crippen molar-refractivity contribution in [3.63, 3.8) is 0 Å². The zero-order chi connectivity index (χ0) is 25.1. The van der Waals surface area contributed by atoms with Gasteiger partial charge in [-0.05, 0) is 43.7 Å². The van der Waals surface area contributed by atoms with Crippen LogP contribution >= 0.6 is 0 Å². The molecule has 2 aromatic carbocycles. The molecule has 0 spiro atoms. The molecule has 2 aromatic heterocycles. The Labute approximate surface area is 210 Å². The maximum atomic E-state index is 11.8. The Morgan fingerprint density at radius 1 is 1.11 bits per heavy atom. The molecule has 9 nitrogen and oxygen atoms in total. The van der Waals surface area contributed by atoms with E-state index < -0.39 is 0 Å². The summed E-state index contributed by atoms with van der Waals surface area (Å²) in [5, 5.41) is 2.63. The number of nitrogens with one attached hydrogen (secondary N) is 1. The van der Waals surface area contributed by atoms with Crippen LogP contribution in [0.15, 0.2) is 54.9 Å². The van der Waals surface area contributed by atoms with E-state index >= 15 is 0 Å². The molecule has 0 unspecified atom stereocenters. The summed E-state index contributed by atoms with van der Waals surface area (Å²) in [4.78, 5) is 28.4. The molecule has 1 fully saturated rings. The van der Waals surface area contributed by atoms with Gasteiger partial charge in [0.2, 0.25) is 5.95 Å². The van der Waals surface area contributed by atoms with Crippen molar-refractivity contribution in [3.05, 3.63) is 66.0 Å². The Hall–Kier alpha value is -3.98. The van der Waals surface area contributed by atoms with Crippen molar-refractivity contribution in [2.75, 3.05) is 38.3 Å². The smallest absolute Gasteiger partial charge is 0.251 e. The van der Waals surface area contributed by atoms with E-state index in [0.717, 1.165) is 46.8 Å². The van der Waals surface area contributed by atoms with E-state index in [1.165, 1.54) is 0 Å². The van der Waals surface area contributed by atoms with Crippen molar-refractivity contribution < 1.29 is 14.3 Å². The number of nitrogens with zero attached hydrogens (tertiary/aromatic N) is 5. The number of fused-ring (bicyclic) bond motifs is 1. The zero-order valence-electron chi connectivity index (χ0n) is 20.8. The van der Waals surface area contributed by atoms with Gasteiger partial charge in [0.15, 0.2) is 5.65 Å². The zero-order valence-corrected chi connectivity index (χ0v) is 20.8. The third kappa shape index (κ3) is 4.87.